The fraction of sp³-hybridized carbons (Fsp3) is 0.333. The van der Waals surface area contributed by atoms with Gasteiger partial charge < -0.3 is 19.7 Å². The van der Waals surface area contributed by atoms with Gasteiger partial charge in [-0.15, -0.1) is 0 Å². The molecule has 1 N–H and O–H groups in total. The first kappa shape index (κ1) is 24.1. The molecule has 0 saturated carbocycles. The number of fused-ring (bicyclic) bond motifs is 1. The second-order valence-electron chi connectivity index (χ2n) is 7.96. The smallest absolute Gasteiger partial charge is 0.261 e. The second kappa shape index (κ2) is 11.9. The summed E-state index contributed by atoms with van der Waals surface area (Å²) in [4.78, 5) is 27.6. The fourth-order valence-electron chi connectivity index (χ4n) is 3.59. The van der Waals surface area contributed by atoms with E-state index in [4.69, 9.17) is 9.47 Å². The summed E-state index contributed by atoms with van der Waals surface area (Å²) in [5.41, 5.74) is 0.905. The minimum Gasteiger partial charge on any atom is -0.497 e. The number of carbonyl (C=O) groups excluding carboxylic acids is 2. The Bertz CT molecular complexity index is 1060. The van der Waals surface area contributed by atoms with E-state index in [-0.39, 0.29) is 18.4 Å². The van der Waals surface area contributed by atoms with Crippen molar-refractivity contribution in [2.75, 3.05) is 20.3 Å². The molecule has 0 spiro atoms. The second-order valence-corrected chi connectivity index (χ2v) is 7.96. The molecule has 6 heteroatoms. The van der Waals surface area contributed by atoms with Crippen molar-refractivity contribution in [3.8, 4) is 11.5 Å². The number of rotatable bonds is 11. The lowest BCUT2D eigenvalue weighted by molar-refractivity contribution is -0.142. The van der Waals surface area contributed by atoms with E-state index in [1.54, 1.807) is 18.9 Å². The summed E-state index contributed by atoms with van der Waals surface area (Å²) in [7, 11) is 1.61. The molecule has 2 amide bonds. The summed E-state index contributed by atoms with van der Waals surface area (Å²) in [6.45, 7) is 4.55. The van der Waals surface area contributed by atoms with Crippen molar-refractivity contribution >= 4 is 22.6 Å². The number of hydrogen-bond acceptors (Lipinski definition) is 4. The van der Waals surface area contributed by atoms with Gasteiger partial charge in [0.05, 0.1) is 7.11 Å². The van der Waals surface area contributed by atoms with E-state index >= 15 is 0 Å². The largest absolute Gasteiger partial charge is 0.497 e. The van der Waals surface area contributed by atoms with Crippen molar-refractivity contribution in [2.45, 2.75) is 39.3 Å². The highest BCUT2D eigenvalue weighted by Gasteiger charge is 2.26. The molecule has 3 rings (SSSR count). The van der Waals surface area contributed by atoms with Gasteiger partial charge in [0.2, 0.25) is 5.91 Å². The molecule has 174 valence electrons. The van der Waals surface area contributed by atoms with E-state index < -0.39 is 6.04 Å². The number of methoxy groups -OCH3 is 1. The highest BCUT2D eigenvalue weighted by Crippen LogP contribution is 2.25. The third kappa shape index (κ3) is 6.48. The third-order valence-electron chi connectivity index (χ3n) is 5.61. The molecular weight excluding hydrogens is 416 g/mol. The first-order valence-corrected chi connectivity index (χ1v) is 11.3. The molecule has 0 bridgehead atoms. The summed E-state index contributed by atoms with van der Waals surface area (Å²) in [5, 5.41) is 4.91. The lowest BCUT2D eigenvalue weighted by atomic mass is 10.1. The van der Waals surface area contributed by atoms with Crippen LogP contribution in [0.1, 0.15) is 32.3 Å². The Morgan fingerprint density at radius 2 is 1.73 bits per heavy atom. The Labute approximate surface area is 195 Å². The first-order valence-electron chi connectivity index (χ1n) is 11.3. The Morgan fingerprint density at radius 3 is 2.45 bits per heavy atom. The molecular formula is C27H32N2O4. The van der Waals surface area contributed by atoms with Crippen LogP contribution in [0.4, 0.5) is 0 Å². The maximum absolute atomic E-state index is 13.3. The predicted molar refractivity (Wildman–Crippen MR) is 130 cm³/mol. The van der Waals surface area contributed by atoms with Gasteiger partial charge in [-0.2, -0.15) is 0 Å². The third-order valence-corrected chi connectivity index (χ3v) is 5.61. The van der Waals surface area contributed by atoms with Crippen LogP contribution in [0.25, 0.3) is 10.8 Å². The van der Waals surface area contributed by atoms with E-state index in [2.05, 4.69) is 12.2 Å². The molecule has 0 fully saturated rings. The van der Waals surface area contributed by atoms with Gasteiger partial charge in [0, 0.05) is 18.5 Å². The molecule has 0 aromatic heterocycles. The molecule has 1 atom stereocenters. The molecule has 3 aromatic carbocycles. The first-order chi connectivity index (χ1) is 16.0. The standard InChI is InChI=1S/C27H32N2O4/c1-4-5-17-28-27(31)20(2)29(18-21-13-15-23(32-3)16-14-21)26(30)19-33-25-12-8-10-22-9-6-7-11-24(22)25/h6-16,20H,4-5,17-19H2,1-3H3,(H,28,31)/t20-/m0/s1. The van der Waals surface area contributed by atoms with Crippen LogP contribution in [0.5, 0.6) is 11.5 Å². The van der Waals surface area contributed by atoms with Crippen LogP contribution in [0.2, 0.25) is 0 Å². The average molecular weight is 449 g/mol. The number of amides is 2. The van der Waals surface area contributed by atoms with Crippen molar-refractivity contribution in [1.82, 2.24) is 10.2 Å². The number of hydrogen-bond donors (Lipinski definition) is 1. The number of nitrogens with one attached hydrogen (secondary N) is 1. The van der Waals surface area contributed by atoms with E-state index in [0.29, 0.717) is 18.8 Å². The fourth-order valence-corrected chi connectivity index (χ4v) is 3.59. The van der Waals surface area contributed by atoms with Crippen molar-refractivity contribution in [3.05, 3.63) is 72.3 Å². The number of carbonyl (C=O) groups is 2. The molecule has 3 aromatic rings. The van der Waals surface area contributed by atoms with Crippen LogP contribution in [0.3, 0.4) is 0 Å². The number of ether oxygens (including phenoxy) is 2. The summed E-state index contributed by atoms with van der Waals surface area (Å²) in [5.74, 6) is 0.958. The highest BCUT2D eigenvalue weighted by molar-refractivity contribution is 5.90. The summed E-state index contributed by atoms with van der Waals surface area (Å²) < 4.78 is 11.1. The van der Waals surface area contributed by atoms with Gasteiger partial charge in [-0.3, -0.25) is 9.59 Å². The Morgan fingerprint density at radius 1 is 1.00 bits per heavy atom. The van der Waals surface area contributed by atoms with E-state index in [9.17, 15) is 9.59 Å². The topological polar surface area (TPSA) is 67.9 Å². The number of benzene rings is 3. The van der Waals surface area contributed by atoms with E-state index in [0.717, 1.165) is 34.9 Å². The quantitative estimate of drug-likeness (QED) is 0.437. The van der Waals surface area contributed by atoms with Crippen LogP contribution in [-0.2, 0) is 16.1 Å². The molecule has 0 radical (unpaired) electrons. The molecule has 0 saturated heterocycles. The zero-order valence-electron chi connectivity index (χ0n) is 19.5. The van der Waals surface area contributed by atoms with Crippen LogP contribution >= 0.6 is 0 Å². The van der Waals surface area contributed by atoms with Crippen molar-refractivity contribution < 1.29 is 19.1 Å². The molecule has 0 heterocycles. The maximum Gasteiger partial charge on any atom is 0.261 e. The van der Waals surface area contributed by atoms with Gasteiger partial charge in [0.15, 0.2) is 6.61 Å². The van der Waals surface area contributed by atoms with E-state index in [1.807, 2.05) is 66.7 Å². The number of nitrogens with zero attached hydrogens (tertiary/aromatic N) is 1. The predicted octanol–water partition coefficient (Wildman–Crippen LogP) is 4.56. The van der Waals surface area contributed by atoms with Crippen molar-refractivity contribution in [2.24, 2.45) is 0 Å². The van der Waals surface area contributed by atoms with Gasteiger partial charge in [-0.25, -0.2) is 0 Å². The molecule has 0 aliphatic heterocycles. The maximum atomic E-state index is 13.3. The molecule has 6 nitrogen and oxygen atoms in total. The minimum absolute atomic E-state index is 0.156. The van der Waals surface area contributed by atoms with Crippen molar-refractivity contribution in [1.29, 1.82) is 0 Å². The zero-order valence-corrected chi connectivity index (χ0v) is 19.5. The Hall–Kier alpha value is -3.54. The Kier molecular flexibility index (Phi) is 8.70. The highest BCUT2D eigenvalue weighted by atomic mass is 16.5. The minimum atomic E-state index is -0.632. The van der Waals surface area contributed by atoms with Gasteiger partial charge in [0.1, 0.15) is 17.5 Å². The monoisotopic (exact) mass is 448 g/mol. The SMILES string of the molecule is CCCCNC(=O)[C@H](C)N(Cc1ccc(OC)cc1)C(=O)COc1cccc2ccccc12. The lowest BCUT2D eigenvalue weighted by Gasteiger charge is -2.29. The normalized spacial score (nSPS) is 11.6. The van der Waals surface area contributed by atoms with Crippen LogP contribution < -0.4 is 14.8 Å². The summed E-state index contributed by atoms with van der Waals surface area (Å²) in [6.07, 6.45) is 1.89. The average Bonchev–Trinajstić information content (AvgIpc) is 2.85. The molecule has 0 aliphatic carbocycles. The number of unbranched alkanes of at least 4 members (excludes halogenated alkanes) is 1. The van der Waals surface area contributed by atoms with Crippen molar-refractivity contribution in [3.63, 3.8) is 0 Å². The molecule has 0 aliphatic rings. The lowest BCUT2D eigenvalue weighted by Crippen LogP contribution is -2.49. The van der Waals surface area contributed by atoms with Gasteiger partial charge in [-0.1, -0.05) is 61.9 Å². The van der Waals surface area contributed by atoms with Gasteiger partial charge in [0.25, 0.3) is 5.91 Å². The molecule has 0 unspecified atom stereocenters. The van der Waals surface area contributed by atoms with Crippen LogP contribution in [-0.4, -0.2) is 43.0 Å². The summed E-state index contributed by atoms with van der Waals surface area (Å²) in [6, 6.07) is 20.5. The van der Waals surface area contributed by atoms with Crippen LogP contribution in [0, 0.1) is 0 Å². The summed E-state index contributed by atoms with van der Waals surface area (Å²) >= 11 is 0. The Balaban J connectivity index is 1.75. The van der Waals surface area contributed by atoms with Gasteiger partial charge in [-0.05, 0) is 42.5 Å². The molecule has 33 heavy (non-hydrogen) atoms. The zero-order chi connectivity index (χ0) is 23.6. The van der Waals surface area contributed by atoms with Crippen LogP contribution in [0.15, 0.2) is 66.7 Å². The van der Waals surface area contributed by atoms with E-state index in [1.165, 1.54) is 0 Å². The van der Waals surface area contributed by atoms with Gasteiger partial charge >= 0.3 is 0 Å².